The molecular weight excluding hydrogens is 292 g/mol. The van der Waals surface area contributed by atoms with Crippen LogP contribution in [0.25, 0.3) is 0 Å². The Labute approximate surface area is 119 Å². The predicted octanol–water partition coefficient (Wildman–Crippen LogP) is 2.83. The van der Waals surface area contributed by atoms with Crippen LogP contribution in [0.4, 0.5) is 23.2 Å². The van der Waals surface area contributed by atoms with E-state index < -0.39 is 24.5 Å². The molecule has 1 aromatic rings. The predicted molar refractivity (Wildman–Crippen MR) is 69.5 cm³/mol. The van der Waals surface area contributed by atoms with E-state index in [-0.39, 0.29) is 23.9 Å². The van der Waals surface area contributed by atoms with Crippen molar-refractivity contribution in [3.63, 3.8) is 0 Å². The second-order valence-corrected chi connectivity index (χ2v) is 4.61. The lowest BCUT2D eigenvalue weighted by atomic mass is 10.2. The van der Waals surface area contributed by atoms with Gasteiger partial charge in [-0.2, -0.15) is 13.2 Å². The molecule has 0 aliphatic rings. The number of nitrogens with two attached hydrogens (primary N) is 1. The fourth-order valence-electron chi connectivity index (χ4n) is 1.45. The summed E-state index contributed by atoms with van der Waals surface area (Å²) in [5, 5.41) is 2.38. The van der Waals surface area contributed by atoms with Gasteiger partial charge in [0.1, 0.15) is 11.6 Å². The lowest BCUT2D eigenvalue weighted by Gasteiger charge is -2.14. The summed E-state index contributed by atoms with van der Waals surface area (Å²) in [7, 11) is 0. The summed E-state index contributed by atoms with van der Waals surface area (Å²) in [5.74, 6) is -1.57. The van der Waals surface area contributed by atoms with Crippen LogP contribution in [0.1, 0.15) is 19.8 Å². The van der Waals surface area contributed by atoms with Crippen molar-refractivity contribution >= 4 is 11.6 Å². The molecular formula is C13H16F4N2O2. The summed E-state index contributed by atoms with van der Waals surface area (Å²) in [6, 6.07) is 2.77. The second kappa shape index (κ2) is 7.26. The van der Waals surface area contributed by atoms with Crippen LogP contribution in [0, 0.1) is 5.82 Å². The Hall–Kier alpha value is -1.83. The van der Waals surface area contributed by atoms with E-state index >= 15 is 0 Å². The molecule has 4 nitrogen and oxygen atoms in total. The molecule has 1 unspecified atom stereocenters. The van der Waals surface area contributed by atoms with E-state index in [0.29, 0.717) is 6.42 Å². The number of benzene rings is 1. The normalized spacial score (nSPS) is 12.9. The largest absolute Gasteiger partial charge is 0.482 e. The molecule has 1 aromatic carbocycles. The van der Waals surface area contributed by atoms with E-state index in [0.717, 1.165) is 18.2 Å². The first-order valence-corrected chi connectivity index (χ1v) is 6.22. The maximum absolute atomic E-state index is 13.1. The van der Waals surface area contributed by atoms with Gasteiger partial charge in [0.2, 0.25) is 5.91 Å². The fraction of sp³-hybridized carbons (Fsp3) is 0.462. The number of halogens is 4. The van der Waals surface area contributed by atoms with Crippen molar-refractivity contribution in [1.82, 2.24) is 0 Å². The van der Waals surface area contributed by atoms with Crippen LogP contribution in [-0.2, 0) is 4.79 Å². The van der Waals surface area contributed by atoms with Crippen LogP contribution in [0.3, 0.4) is 0 Å². The van der Waals surface area contributed by atoms with E-state index in [4.69, 9.17) is 5.73 Å². The van der Waals surface area contributed by atoms with Gasteiger partial charge in [0, 0.05) is 18.5 Å². The third kappa shape index (κ3) is 6.94. The SMILES string of the molecule is CC(N)CCC(=O)Nc1ccc(F)cc1OCC(F)(F)F. The number of alkyl halides is 3. The van der Waals surface area contributed by atoms with Crippen molar-refractivity contribution in [2.45, 2.75) is 32.0 Å². The molecule has 118 valence electrons. The second-order valence-electron chi connectivity index (χ2n) is 4.61. The van der Waals surface area contributed by atoms with Gasteiger partial charge in [0.15, 0.2) is 6.61 Å². The lowest BCUT2D eigenvalue weighted by Crippen LogP contribution is -2.21. The molecule has 0 aromatic heterocycles. The van der Waals surface area contributed by atoms with Gasteiger partial charge in [-0.3, -0.25) is 4.79 Å². The minimum Gasteiger partial charge on any atom is -0.482 e. The number of rotatable bonds is 6. The van der Waals surface area contributed by atoms with Gasteiger partial charge in [0.25, 0.3) is 0 Å². The Morgan fingerprint density at radius 1 is 1.43 bits per heavy atom. The van der Waals surface area contributed by atoms with Crippen LogP contribution in [0.2, 0.25) is 0 Å². The summed E-state index contributed by atoms with van der Waals surface area (Å²) >= 11 is 0. The molecule has 0 aliphatic carbocycles. The molecule has 0 spiro atoms. The Balaban J connectivity index is 2.74. The minimum absolute atomic E-state index is 0.0182. The minimum atomic E-state index is -4.55. The van der Waals surface area contributed by atoms with E-state index in [1.54, 1.807) is 6.92 Å². The number of hydrogen-bond donors (Lipinski definition) is 2. The number of ether oxygens (including phenoxy) is 1. The first-order chi connectivity index (χ1) is 9.67. The van der Waals surface area contributed by atoms with Gasteiger partial charge in [0.05, 0.1) is 5.69 Å². The van der Waals surface area contributed by atoms with Crippen molar-refractivity contribution in [3.05, 3.63) is 24.0 Å². The standard InChI is InChI=1S/C13H16F4N2O2/c1-8(18)2-5-12(20)19-10-4-3-9(14)6-11(10)21-7-13(15,16)17/h3-4,6,8H,2,5,7,18H2,1H3,(H,19,20). The number of anilines is 1. The van der Waals surface area contributed by atoms with E-state index in [1.165, 1.54) is 0 Å². The van der Waals surface area contributed by atoms with Gasteiger partial charge in [-0.1, -0.05) is 0 Å². The zero-order chi connectivity index (χ0) is 16.0. The van der Waals surface area contributed by atoms with Gasteiger partial charge in [-0.05, 0) is 25.5 Å². The van der Waals surface area contributed by atoms with Crippen LogP contribution in [0.15, 0.2) is 18.2 Å². The number of carbonyl (C=O) groups excluding carboxylic acids is 1. The first-order valence-electron chi connectivity index (χ1n) is 6.22. The Morgan fingerprint density at radius 3 is 2.67 bits per heavy atom. The van der Waals surface area contributed by atoms with Crippen molar-refractivity contribution in [2.24, 2.45) is 5.73 Å². The molecule has 0 fully saturated rings. The van der Waals surface area contributed by atoms with Gasteiger partial charge < -0.3 is 15.8 Å². The smallest absolute Gasteiger partial charge is 0.422 e. The van der Waals surface area contributed by atoms with Gasteiger partial charge >= 0.3 is 6.18 Å². The molecule has 1 rings (SSSR count). The first kappa shape index (κ1) is 17.2. The van der Waals surface area contributed by atoms with E-state index in [9.17, 15) is 22.4 Å². The summed E-state index contributed by atoms with van der Waals surface area (Å²) in [4.78, 5) is 11.6. The molecule has 1 atom stereocenters. The summed E-state index contributed by atoms with van der Waals surface area (Å²) in [6.07, 6.45) is -4.03. The average molecular weight is 308 g/mol. The van der Waals surface area contributed by atoms with Crippen LogP contribution >= 0.6 is 0 Å². The molecule has 21 heavy (non-hydrogen) atoms. The number of amides is 1. The molecule has 0 saturated carbocycles. The monoisotopic (exact) mass is 308 g/mol. The maximum atomic E-state index is 13.1. The van der Waals surface area contributed by atoms with Crippen molar-refractivity contribution < 1.29 is 27.1 Å². The number of hydrogen-bond acceptors (Lipinski definition) is 3. The van der Waals surface area contributed by atoms with Crippen molar-refractivity contribution in [3.8, 4) is 5.75 Å². The van der Waals surface area contributed by atoms with Crippen LogP contribution in [0.5, 0.6) is 5.75 Å². The average Bonchev–Trinajstić information content (AvgIpc) is 2.35. The highest BCUT2D eigenvalue weighted by molar-refractivity contribution is 5.92. The highest BCUT2D eigenvalue weighted by Gasteiger charge is 2.29. The van der Waals surface area contributed by atoms with Crippen LogP contribution in [-0.4, -0.2) is 24.7 Å². The molecule has 1 amide bonds. The Kier molecular flexibility index (Phi) is 5.95. The zero-order valence-corrected chi connectivity index (χ0v) is 11.3. The molecule has 0 saturated heterocycles. The summed E-state index contributed by atoms with van der Waals surface area (Å²) in [6.45, 7) is 0.155. The molecule has 8 heteroatoms. The number of nitrogens with one attached hydrogen (secondary N) is 1. The Morgan fingerprint density at radius 2 is 2.10 bits per heavy atom. The van der Waals surface area contributed by atoms with Crippen molar-refractivity contribution in [1.29, 1.82) is 0 Å². The molecule has 3 N–H and O–H groups in total. The van der Waals surface area contributed by atoms with Gasteiger partial charge in [-0.15, -0.1) is 0 Å². The molecule has 0 bridgehead atoms. The van der Waals surface area contributed by atoms with E-state index in [1.807, 2.05) is 0 Å². The van der Waals surface area contributed by atoms with Gasteiger partial charge in [-0.25, -0.2) is 4.39 Å². The highest BCUT2D eigenvalue weighted by atomic mass is 19.4. The maximum Gasteiger partial charge on any atom is 0.422 e. The van der Waals surface area contributed by atoms with Crippen LogP contribution < -0.4 is 15.8 Å². The summed E-state index contributed by atoms with van der Waals surface area (Å²) in [5.41, 5.74) is 5.48. The topological polar surface area (TPSA) is 64.4 Å². The number of carbonyl (C=O) groups is 1. The van der Waals surface area contributed by atoms with E-state index in [2.05, 4.69) is 10.1 Å². The molecule has 0 radical (unpaired) electrons. The van der Waals surface area contributed by atoms with Crippen molar-refractivity contribution in [2.75, 3.05) is 11.9 Å². The highest BCUT2D eigenvalue weighted by Crippen LogP contribution is 2.27. The zero-order valence-electron chi connectivity index (χ0n) is 11.3. The summed E-state index contributed by atoms with van der Waals surface area (Å²) < 4.78 is 53.9. The molecule has 0 heterocycles. The quantitative estimate of drug-likeness (QED) is 0.794. The molecule has 0 aliphatic heterocycles. The Bertz CT molecular complexity index is 490. The third-order valence-corrected chi connectivity index (χ3v) is 2.44. The lowest BCUT2D eigenvalue weighted by molar-refractivity contribution is -0.153. The third-order valence-electron chi connectivity index (χ3n) is 2.44. The fourth-order valence-corrected chi connectivity index (χ4v) is 1.45.